The van der Waals surface area contributed by atoms with Crippen molar-refractivity contribution < 1.29 is 18.0 Å². The van der Waals surface area contributed by atoms with Crippen LogP contribution in [0.15, 0.2) is 55.0 Å². The molecule has 2 amide bonds. The first-order valence-electron chi connectivity index (χ1n) is 14.4. The van der Waals surface area contributed by atoms with E-state index >= 15 is 0 Å². The van der Waals surface area contributed by atoms with Crippen LogP contribution in [-0.4, -0.2) is 59.0 Å². The van der Waals surface area contributed by atoms with Crippen LogP contribution in [-0.2, 0) is 13.1 Å². The Kier molecular flexibility index (Phi) is 10.9. The Morgan fingerprint density at radius 3 is 2.53 bits per heavy atom. The van der Waals surface area contributed by atoms with Crippen molar-refractivity contribution in [1.82, 2.24) is 34.5 Å². The number of hydrogen-bond acceptors (Lipinski definition) is 6. The third-order valence-electron chi connectivity index (χ3n) is 8.40. The van der Waals surface area contributed by atoms with Crippen LogP contribution in [0.3, 0.4) is 0 Å². The number of hydrogen-bond donors (Lipinski definition) is 3. The Hall–Kier alpha value is -1.69. The molecule has 0 radical (unpaired) electrons. The Labute approximate surface area is 292 Å². The zero-order chi connectivity index (χ0) is 32.4. The Morgan fingerprint density at radius 2 is 1.89 bits per heavy atom. The van der Waals surface area contributed by atoms with Crippen LogP contribution < -0.4 is 10.6 Å². The number of halogens is 5. The van der Waals surface area contributed by atoms with E-state index in [1.165, 1.54) is 0 Å². The number of anilines is 1. The highest BCUT2D eigenvalue weighted by molar-refractivity contribution is 14.2. The fourth-order valence-electron chi connectivity index (χ4n) is 6.03. The summed E-state index contributed by atoms with van der Waals surface area (Å²) in [5.74, 6) is 0.401. The molecule has 1 aliphatic carbocycles. The van der Waals surface area contributed by atoms with Crippen molar-refractivity contribution in [3.05, 3.63) is 60.6 Å². The fourth-order valence-corrected chi connectivity index (χ4v) is 7.08. The lowest BCUT2D eigenvalue weighted by Gasteiger charge is -2.48. The van der Waals surface area contributed by atoms with E-state index in [2.05, 4.69) is 71.5 Å². The van der Waals surface area contributed by atoms with E-state index < -0.39 is 23.3 Å². The summed E-state index contributed by atoms with van der Waals surface area (Å²) in [6.45, 7) is 5.09. The van der Waals surface area contributed by atoms with Crippen LogP contribution >= 0.6 is 59.4 Å². The van der Waals surface area contributed by atoms with Gasteiger partial charge in [-0.1, -0.05) is 44.2 Å². The summed E-state index contributed by atoms with van der Waals surface area (Å²) in [6, 6.07) is 10.6. The summed E-state index contributed by atoms with van der Waals surface area (Å²) >= 11 is 4.05. The molecule has 242 valence electrons. The van der Waals surface area contributed by atoms with Gasteiger partial charge >= 0.3 is 12.2 Å². The van der Waals surface area contributed by atoms with Gasteiger partial charge < -0.3 is 10.2 Å². The van der Waals surface area contributed by atoms with Gasteiger partial charge in [0.2, 0.25) is 0 Å². The number of carbonyl (C=O) groups excluding carboxylic acids is 1. The number of pyridine rings is 1. The molecule has 1 aromatic carbocycles. The molecule has 4 aromatic rings. The number of nitrogens with one attached hydrogen (secondary N) is 2. The molecule has 2 fully saturated rings. The van der Waals surface area contributed by atoms with Crippen LogP contribution in [0.1, 0.15) is 45.1 Å². The summed E-state index contributed by atoms with van der Waals surface area (Å²) in [5.41, 5.74) is 0.366. The minimum atomic E-state index is -4.46. The van der Waals surface area contributed by atoms with Gasteiger partial charge in [0.15, 0.2) is 0 Å². The van der Waals surface area contributed by atoms with Crippen LogP contribution in [0.4, 0.5) is 23.7 Å². The molecule has 2 atom stereocenters. The van der Waals surface area contributed by atoms with E-state index in [-0.39, 0.29) is 32.3 Å². The smallest absolute Gasteiger partial charge is 0.319 e. The number of rotatable bonds is 8. The molecule has 1 saturated carbocycles. The third kappa shape index (κ3) is 7.41. The van der Waals surface area contributed by atoms with Crippen LogP contribution in [0.2, 0.25) is 0 Å². The molecule has 2 aliphatic rings. The molecule has 9 nitrogen and oxygen atoms in total. The summed E-state index contributed by atoms with van der Waals surface area (Å²) in [6.07, 6.45) is 1.77. The number of fused-ring (bicyclic) bond motifs is 1. The Bertz CT molecular complexity index is 1630. The molecule has 1 spiro atoms. The zero-order valence-corrected chi connectivity index (χ0v) is 30.9. The number of benzene rings is 1. The van der Waals surface area contributed by atoms with E-state index in [9.17, 15) is 18.0 Å². The number of urea groups is 1. The standard InChI is InChI=1S/C29H33F3IN8OP.HIS/c1-19(2)16-40-24-12-22(34-14-21(24)15-36-40)25-23(17-41(38-25)43-33)37-26(42)39-11-10-28(29(30,31)32,18-27(39)8-9-27)35-13-20-6-4-3-5-7-20;1-2/h3-7,12,14-15,17,19,35,43H,8-11,13,16,18H2,1-2H3,(H,37,42);2H. The van der Waals surface area contributed by atoms with Gasteiger partial charge in [-0.15, -0.1) is 9.80 Å². The topological polar surface area (TPSA) is 92.9 Å². The average Bonchev–Trinajstić information content (AvgIpc) is 3.47. The van der Waals surface area contributed by atoms with Crippen LogP contribution in [0, 0.1) is 5.92 Å². The van der Waals surface area contributed by atoms with Gasteiger partial charge in [-0.3, -0.25) is 15.0 Å². The van der Waals surface area contributed by atoms with E-state index in [4.69, 9.17) is 0 Å². The maximum absolute atomic E-state index is 14.6. The molecule has 0 bridgehead atoms. The predicted octanol–water partition coefficient (Wildman–Crippen LogP) is 8.26. The highest BCUT2D eigenvalue weighted by Gasteiger charge is 2.65. The van der Waals surface area contributed by atoms with Crippen LogP contribution in [0.5, 0.6) is 0 Å². The number of nitrogens with zero attached hydrogens (tertiary/aromatic N) is 6. The summed E-state index contributed by atoms with van der Waals surface area (Å²) in [4.78, 5) is 19.9. The van der Waals surface area contributed by atoms with Gasteiger partial charge in [0, 0.05) is 36.8 Å². The van der Waals surface area contributed by atoms with Gasteiger partial charge in [0.25, 0.3) is 0 Å². The Balaban J connectivity index is 0.00000196. The van der Waals surface area contributed by atoms with Crippen molar-refractivity contribution in [2.75, 3.05) is 11.9 Å². The van der Waals surface area contributed by atoms with Crippen molar-refractivity contribution in [2.24, 2.45) is 5.92 Å². The monoisotopic (exact) mass is 884 g/mol. The highest BCUT2D eigenvalue weighted by Crippen LogP contribution is 2.55. The van der Waals surface area contributed by atoms with Gasteiger partial charge in [0.05, 0.1) is 35.7 Å². The summed E-state index contributed by atoms with van der Waals surface area (Å²) < 4.78 is 47.5. The van der Waals surface area contributed by atoms with Gasteiger partial charge in [-0.2, -0.15) is 23.4 Å². The zero-order valence-electron chi connectivity index (χ0n) is 24.7. The first-order chi connectivity index (χ1) is 21.5. The number of thiol groups is 1. The minimum absolute atomic E-state index is 0.0107. The molecular formula is C29H34F3I2N8OPS. The maximum atomic E-state index is 14.6. The first kappa shape index (κ1) is 34.6. The fraction of sp³-hybridized carbons (Fsp3) is 0.448. The first-order valence-corrected chi connectivity index (χ1v) is 21.7. The Morgan fingerprint density at radius 1 is 1.16 bits per heavy atom. The largest absolute Gasteiger partial charge is 0.406 e. The maximum Gasteiger partial charge on any atom is 0.406 e. The number of alkyl halides is 3. The SMILES string of the molecule is CC(C)Cn1ncc2cnc(-c3nn(PI)cc3NC(=O)N3CCC(NCc4ccccc4)(C(F)(F)F)CC34CC4)cc21.SI. The second-order valence-corrected chi connectivity index (χ2v) is 14.0. The summed E-state index contributed by atoms with van der Waals surface area (Å²) in [5, 5.41) is 15.9. The van der Waals surface area contributed by atoms with Crippen molar-refractivity contribution in [2.45, 2.75) is 69.9 Å². The molecule has 2 N–H and O–H groups in total. The van der Waals surface area contributed by atoms with Crippen LogP contribution in [0.25, 0.3) is 22.3 Å². The molecule has 4 heterocycles. The third-order valence-corrected chi connectivity index (χ3v) is 10.3. The summed E-state index contributed by atoms with van der Waals surface area (Å²) in [7, 11) is 3.50. The van der Waals surface area contributed by atoms with E-state index in [1.807, 2.05) is 62.3 Å². The minimum Gasteiger partial charge on any atom is -0.319 e. The quantitative estimate of drug-likeness (QED) is 0.0943. The van der Waals surface area contributed by atoms with E-state index in [0.717, 1.165) is 23.0 Å². The normalized spacial score (nSPS) is 19.4. The van der Waals surface area contributed by atoms with Gasteiger partial charge in [0.1, 0.15) is 11.2 Å². The second-order valence-electron chi connectivity index (χ2n) is 11.9. The highest BCUT2D eigenvalue weighted by atomic mass is 127. The molecule has 1 saturated heterocycles. The average molecular weight is 884 g/mol. The van der Waals surface area contributed by atoms with Crippen molar-refractivity contribution in [3.63, 3.8) is 0 Å². The molecule has 45 heavy (non-hydrogen) atoms. The van der Waals surface area contributed by atoms with Crippen molar-refractivity contribution >= 4 is 82.0 Å². The van der Waals surface area contributed by atoms with Crippen molar-refractivity contribution in [3.8, 4) is 11.4 Å². The van der Waals surface area contributed by atoms with Crippen molar-refractivity contribution in [1.29, 1.82) is 0 Å². The molecular weight excluding hydrogens is 850 g/mol. The number of piperidine rings is 1. The number of amides is 2. The number of carbonyl (C=O) groups is 1. The molecule has 16 heteroatoms. The molecule has 6 rings (SSSR count). The number of aromatic nitrogens is 5. The second kappa shape index (κ2) is 14.2. The molecule has 2 unspecified atom stereocenters. The lowest BCUT2D eigenvalue weighted by molar-refractivity contribution is -0.214. The molecule has 1 aliphatic heterocycles. The lowest BCUT2D eigenvalue weighted by Crippen LogP contribution is -2.66. The van der Waals surface area contributed by atoms with E-state index in [1.54, 1.807) is 27.9 Å². The predicted molar refractivity (Wildman–Crippen MR) is 193 cm³/mol. The van der Waals surface area contributed by atoms with Gasteiger partial charge in [-0.05, 0) is 86.5 Å². The van der Waals surface area contributed by atoms with E-state index in [0.29, 0.717) is 35.8 Å². The van der Waals surface area contributed by atoms with Gasteiger partial charge in [-0.25, -0.2) is 9.25 Å². The molecule has 3 aromatic heterocycles. The lowest BCUT2D eigenvalue weighted by atomic mass is 9.80. The number of likely N-dealkylation sites (tertiary alicyclic amines) is 1.